The number of nitrogens with two attached hydrogens (primary N) is 1. The van der Waals surface area contributed by atoms with E-state index in [9.17, 15) is 8.42 Å². The van der Waals surface area contributed by atoms with Crippen LogP contribution in [0.15, 0.2) is 29.2 Å². The van der Waals surface area contributed by atoms with E-state index in [2.05, 4.69) is 11.6 Å². The van der Waals surface area contributed by atoms with Crippen LogP contribution in [0.4, 0.5) is 0 Å². The minimum absolute atomic E-state index is 0.298. The van der Waals surface area contributed by atoms with E-state index in [-0.39, 0.29) is 0 Å². The molecule has 0 unspecified atom stereocenters. The zero-order valence-corrected chi connectivity index (χ0v) is 13.1. The number of unbranched alkanes of at least 4 members (excludes halogenated alkanes) is 5. The van der Waals surface area contributed by atoms with Gasteiger partial charge >= 0.3 is 0 Å². The summed E-state index contributed by atoms with van der Waals surface area (Å²) in [4.78, 5) is 0.298. The summed E-state index contributed by atoms with van der Waals surface area (Å²) < 4.78 is 26.8. The second-order valence-electron chi connectivity index (χ2n) is 5.02. The van der Waals surface area contributed by atoms with Crippen molar-refractivity contribution in [2.75, 3.05) is 6.54 Å². The monoisotopic (exact) mass is 298 g/mol. The molecule has 0 aromatic heterocycles. The van der Waals surface area contributed by atoms with Crippen molar-refractivity contribution in [1.29, 1.82) is 0 Å². The molecule has 0 amide bonds. The highest BCUT2D eigenvalue weighted by Gasteiger charge is 2.13. The first kappa shape index (κ1) is 17.1. The summed E-state index contributed by atoms with van der Waals surface area (Å²) in [7, 11) is -3.40. The van der Waals surface area contributed by atoms with Gasteiger partial charge in [-0.15, -0.1) is 0 Å². The van der Waals surface area contributed by atoms with Crippen LogP contribution in [0, 0.1) is 0 Å². The molecule has 0 saturated heterocycles. The summed E-state index contributed by atoms with van der Waals surface area (Å²) in [5.41, 5.74) is 6.35. The molecule has 114 valence electrons. The number of benzene rings is 1. The zero-order valence-electron chi connectivity index (χ0n) is 12.3. The third kappa shape index (κ3) is 6.03. The predicted molar refractivity (Wildman–Crippen MR) is 82.9 cm³/mol. The van der Waals surface area contributed by atoms with Crippen molar-refractivity contribution in [2.45, 2.75) is 56.9 Å². The topological polar surface area (TPSA) is 72.2 Å². The van der Waals surface area contributed by atoms with E-state index in [1.54, 1.807) is 18.2 Å². The zero-order chi connectivity index (χ0) is 14.8. The van der Waals surface area contributed by atoms with E-state index in [4.69, 9.17) is 5.73 Å². The van der Waals surface area contributed by atoms with Crippen LogP contribution in [0.3, 0.4) is 0 Å². The summed E-state index contributed by atoms with van der Waals surface area (Å²) in [6.07, 6.45) is 6.87. The lowest BCUT2D eigenvalue weighted by Crippen LogP contribution is -2.25. The molecular weight excluding hydrogens is 272 g/mol. The molecule has 3 N–H and O–H groups in total. The molecule has 0 bridgehead atoms. The van der Waals surface area contributed by atoms with Crippen molar-refractivity contribution in [3.05, 3.63) is 29.8 Å². The lowest BCUT2D eigenvalue weighted by molar-refractivity contribution is 0.567. The maximum absolute atomic E-state index is 12.1. The van der Waals surface area contributed by atoms with E-state index in [1.807, 2.05) is 6.07 Å². The van der Waals surface area contributed by atoms with Gasteiger partial charge in [-0.2, -0.15) is 0 Å². The van der Waals surface area contributed by atoms with Crippen LogP contribution in [-0.4, -0.2) is 15.0 Å². The Morgan fingerprint density at radius 1 is 1.10 bits per heavy atom. The quantitative estimate of drug-likeness (QED) is 0.652. The third-order valence-corrected chi connectivity index (χ3v) is 4.73. The lowest BCUT2D eigenvalue weighted by Gasteiger charge is -2.08. The second-order valence-corrected chi connectivity index (χ2v) is 6.78. The van der Waals surface area contributed by atoms with E-state index in [0.29, 0.717) is 18.0 Å². The average Bonchev–Trinajstić information content (AvgIpc) is 2.46. The fraction of sp³-hybridized carbons (Fsp3) is 0.600. The first-order valence-corrected chi connectivity index (χ1v) is 8.87. The minimum atomic E-state index is -3.40. The van der Waals surface area contributed by atoms with Gasteiger partial charge in [0.15, 0.2) is 0 Å². The van der Waals surface area contributed by atoms with Crippen molar-refractivity contribution >= 4 is 10.0 Å². The van der Waals surface area contributed by atoms with Crippen molar-refractivity contribution in [1.82, 2.24) is 4.72 Å². The standard InChI is InChI=1S/C15H26N2O2S/c1-2-3-4-5-6-7-11-17-20(18,19)15-10-8-9-14(12-15)13-16/h8-10,12,17H,2-7,11,13,16H2,1H3. The SMILES string of the molecule is CCCCCCCCNS(=O)(=O)c1cccc(CN)c1. The van der Waals surface area contributed by atoms with Crippen LogP contribution in [-0.2, 0) is 16.6 Å². The Morgan fingerprint density at radius 3 is 2.50 bits per heavy atom. The first-order valence-electron chi connectivity index (χ1n) is 7.39. The van der Waals surface area contributed by atoms with Crippen molar-refractivity contribution in [3.8, 4) is 0 Å². The van der Waals surface area contributed by atoms with Crippen LogP contribution in [0.2, 0.25) is 0 Å². The van der Waals surface area contributed by atoms with Gasteiger partial charge < -0.3 is 5.73 Å². The highest BCUT2D eigenvalue weighted by atomic mass is 32.2. The highest BCUT2D eigenvalue weighted by Crippen LogP contribution is 2.11. The van der Waals surface area contributed by atoms with Gasteiger partial charge in [-0.3, -0.25) is 0 Å². The van der Waals surface area contributed by atoms with Gasteiger partial charge in [0.25, 0.3) is 0 Å². The molecule has 0 aliphatic carbocycles. The normalized spacial score (nSPS) is 11.7. The molecule has 0 saturated carbocycles. The average molecular weight is 298 g/mol. The van der Waals surface area contributed by atoms with Gasteiger partial charge in [0.2, 0.25) is 10.0 Å². The number of rotatable bonds is 10. The second kappa shape index (κ2) is 9.10. The first-order chi connectivity index (χ1) is 9.60. The van der Waals surface area contributed by atoms with Gasteiger partial charge in [0, 0.05) is 13.1 Å². The molecule has 4 nitrogen and oxygen atoms in total. The molecule has 1 aromatic carbocycles. The number of nitrogens with one attached hydrogen (secondary N) is 1. The van der Waals surface area contributed by atoms with Gasteiger partial charge in [-0.1, -0.05) is 51.2 Å². The van der Waals surface area contributed by atoms with Crippen LogP contribution < -0.4 is 10.5 Å². The molecule has 0 spiro atoms. The molecule has 0 atom stereocenters. The maximum atomic E-state index is 12.1. The number of sulfonamides is 1. The molecule has 0 fully saturated rings. The molecule has 20 heavy (non-hydrogen) atoms. The van der Waals surface area contributed by atoms with Gasteiger partial charge in [-0.25, -0.2) is 13.1 Å². The Hall–Kier alpha value is -0.910. The van der Waals surface area contributed by atoms with Crippen LogP contribution in [0.1, 0.15) is 51.0 Å². The van der Waals surface area contributed by atoms with Crippen LogP contribution in [0.25, 0.3) is 0 Å². The van der Waals surface area contributed by atoms with Crippen molar-refractivity contribution in [2.24, 2.45) is 5.73 Å². The Morgan fingerprint density at radius 2 is 1.80 bits per heavy atom. The molecule has 1 rings (SSSR count). The molecule has 0 heterocycles. The summed E-state index contributed by atoms with van der Waals surface area (Å²) in [5.74, 6) is 0. The Labute approximate surface area is 122 Å². The Bertz CT molecular complexity index is 486. The third-order valence-electron chi connectivity index (χ3n) is 3.27. The Balaban J connectivity index is 2.37. The minimum Gasteiger partial charge on any atom is -0.326 e. The predicted octanol–water partition coefficient (Wildman–Crippen LogP) is 2.78. The molecule has 0 aliphatic heterocycles. The van der Waals surface area contributed by atoms with Gasteiger partial charge in [0.05, 0.1) is 4.90 Å². The largest absolute Gasteiger partial charge is 0.326 e. The molecule has 1 aromatic rings. The number of hydrogen-bond donors (Lipinski definition) is 2. The lowest BCUT2D eigenvalue weighted by atomic mass is 10.1. The van der Waals surface area contributed by atoms with E-state index >= 15 is 0 Å². The van der Waals surface area contributed by atoms with E-state index in [1.165, 1.54) is 25.7 Å². The van der Waals surface area contributed by atoms with Crippen molar-refractivity contribution in [3.63, 3.8) is 0 Å². The summed E-state index contributed by atoms with van der Waals surface area (Å²) >= 11 is 0. The van der Waals surface area contributed by atoms with Crippen LogP contribution >= 0.6 is 0 Å². The Kier molecular flexibility index (Phi) is 7.80. The summed E-state index contributed by atoms with van der Waals surface area (Å²) in [6.45, 7) is 3.03. The maximum Gasteiger partial charge on any atom is 0.240 e. The highest BCUT2D eigenvalue weighted by molar-refractivity contribution is 7.89. The fourth-order valence-electron chi connectivity index (χ4n) is 2.03. The fourth-order valence-corrected chi connectivity index (χ4v) is 3.18. The summed E-state index contributed by atoms with van der Waals surface area (Å²) in [5, 5.41) is 0. The van der Waals surface area contributed by atoms with E-state index in [0.717, 1.165) is 18.4 Å². The van der Waals surface area contributed by atoms with Gasteiger partial charge in [-0.05, 0) is 24.1 Å². The van der Waals surface area contributed by atoms with Crippen molar-refractivity contribution < 1.29 is 8.42 Å². The molecule has 0 radical (unpaired) electrons. The summed E-state index contributed by atoms with van der Waals surface area (Å²) in [6, 6.07) is 6.78. The molecule has 0 aliphatic rings. The van der Waals surface area contributed by atoms with Gasteiger partial charge in [0.1, 0.15) is 0 Å². The smallest absolute Gasteiger partial charge is 0.240 e. The van der Waals surface area contributed by atoms with Crippen LogP contribution in [0.5, 0.6) is 0 Å². The molecular formula is C15H26N2O2S. The number of hydrogen-bond acceptors (Lipinski definition) is 3. The molecule has 5 heteroatoms. The van der Waals surface area contributed by atoms with E-state index < -0.39 is 10.0 Å².